The van der Waals surface area contributed by atoms with E-state index in [0.29, 0.717) is 0 Å². The number of ether oxygens (including phenoxy) is 1. The number of methoxy groups -OCH3 is 1. The van der Waals surface area contributed by atoms with Gasteiger partial charge in [-0.05, 0) is 19.1 Å². The zero-order valence-corrected chi connectivity index (χ0v) is 8.11. The molecule has 1 aromatic carbocycles. The number of hydrogen-bond acceptors (Lipinski definition) is 3. The van der Waals surface area contributed by atoms with Crippen LogP contribution >= 0.6 is 0 Å². The van der Waals surface area contributed by atoms with Crippen molar-refractivity contribution in [3.8, 4) is 5.75 Å². The Morgan fingerprint density at radius 2 is 2.29 bits per heavy atom. The summed E-state index contributed by atoms with van der Waals surface area (Å²) in [5.74, 6) is 1.01. The highest BCUT2D eigenvalue weighted by atomic mass is 16.5. The summed E-state index contributed by atoms with van der Waals surface area (Å²) in [7, 11) is 1.63. The van der Waals surface area contributed by atoms with Crippen LogP contribution in [-0.2, 0) is 4.74 Å². The number of imidazole rings is 1. The molecule has 0 fully saturated rings. The van der Waals surface area contributed by atoms with E-state index in [1.165, 1.54) is 0 Å². The number of fused-ring (bicyclic) bond motifs is 1. The maximum atomic E-state index is 9.26. The van der Waals surface area contributed by atoms with E-state index in [1.54, 1.807) is 25.3 Å². The maximum absolute atomic E-state index is 9.26. The fourth-order valence-corrected chi connectivity index (χ4v) is 1.32. The van der Waals surface area contributed by atoms with Crippen LogP contribution in [0.3, 0.4) is 0 Å². The maximum Gasteiger partial charge on any atom is 0.136 e. The van der Waals surface area contributed by atoms with Crippen molar-refractivity contribution < 1.29 is 9.84 Å². The van der Waals surface area contributed by atoms with E-state index in [9.17, 15) is 5.11 Å². The Hall–Kier alpha value is -1.55. The van der Waals surface area contributed by atoms with Gasteiger partial charge in [-0.3, -0.25) is 0 Å². The van der Waals surface area contributed by atoms with Crippen LogP contribution in [0.1, 0.15) is 18.9 Å². The first kappa shape index (κ1) is 9.02. The van der Waals surface area contributed by atoms with E-state index in [1.807, 2.05) is 6.92 Å². The van der Waals surface area contributed by atoms with Crippen LogP contribution in [0.5, 0.6) is 5.75 Å². The molecule has 0 aliphatic heterocycles. The van der Waals surface area contributed by atoms with Gasteiger partial charge in [0.1, 0.15) is 17.7 Å². The number of aromatic amines is 1. The van der Waals surface area contributed by atoms with Crippen molar-refractivity contribution in [1.29, 1.82) is 0 Å². The van der Waals surface area contributed by atoms with Crippen molar-refractivity contribution in [3.63, 3.8) is 0 Å². The van der Waals surface area contributed by atoms with Crippen LogP contribution < -0.4 is 0 Å². The number of hydrogen-bond donors (Lipinski definition) is 2. The lowest BCUT2D eigenvalue weighted by Gasteiger charge is -2.03. The number of H-pyrrole nitrogens is 1. The number of nitrogens with zero attached hydrogens (tertiary/aromatic N) is 1. The first-order valence-electron chi connectivity index (χ1n) is 4.42. The SMILES string of the molecule is COC(C)c1nc2ccc(O)cc2[nH]1. The lowest BCUT2D eigenvalue weighted by atomic mass is 10.3. The Balaban J connectivity index is 2.51. The summed E-state index contributed by atoms with van der Waals surface area (Å²) < 4.78 is 5.14. The Bertz CT molecular complexity index is 450. The third-order valence-corrected chi connectivity index (χ3v) is 2.22. The topological polar surface area (TPSA) is 58.1 Å². The van der Waals surface area contributed by atoms with E-state index in [2.05, 4.69) is 9.97 Å². The summed E-state index contributed by atoms with van der Waals surface area (Å²) in [5.41, 5.74) is 1.66. The second kappa shape index (κ2) is 3.31. The van der Waals surface area contributed by atoms with Gasteiger partial charge in [0.15, 0.2) is 0 Å². The van der Waals surface area contributed by atoms with E-state index >= 15 is 0 Å². The Kier molecular flexibility index (Phi) is 2.13. The number of phenolic OH excluding ortho intramolecular Hbond substituents is 1. The van der Waals surface area contributed by atoms with Crippen molar-refractivity contribution in [1.82, 2.24) is 9.97 Å². The molecule has 1 unspecified atom stereocenters. The normalized spacial score (nSPS) is 13.3. The molecule has 0 spiro atoms. The molecule has 1 aromatic heterocycles. The number of rotatable bonds is 2. The predicted octanol–water partition coefficient (Wildman–Crippen LogP) is 1.98. The highest BCUT2D eigenvalue weighted by Gasteiger charge is 2.09. The van der Waals surface area contributed by atoms with Crippen molar-refractivity contribution >= 4 is 11.0 Å². The first-order valence-corrected chi connectivity index (χ1v) is 4.42. The molecule has 4 nitrogen and oxygen atoms in total. The molecule has 0 aliphatic rings. The monoisotopic (exact) mass is 192 g/mol. The number of benzene rings is 1. The summed E-state index contributed by atoms with van der Waals surface area (Å²) in [5, 5.41) is 9.26. The first-order chi connectivity index (χ1) is 6.70. The predicted molar refractivity (Wildman–Crippen MR) is 53.2 cm³/mol. The molecule has 0 amide bonds. The molecule has 74 valence electrons. The highest BCUT2D eigenvalue weighted by Crippen LogP contribution is 2.21. The molecule has 0 radical (unpaired) electrons. The number of aromatic nitrogens is 2. The standard InChI is InChI=1S/C10H12N2O2/c1-6(14-2)10-11-8-4-3-7(13)5-9(8)12-10/h3-6,13H,1-2H3,(H,11,12). The van der Waals surface area contributed by atoms with E-state index in [-0.39, 0.29) is 11.9 Å². The van der Waals surface area contributed by atoms with E-state index in [0.717, 1.165) is 16.9 Å². The average Bonchev–Trinajstić information content (AvgIpc) is 2.59. The summed E-state index contributed by atoms with van der Waals surface area (Å²) in [6, 6.07) is 5.03. The molecule has 0 aliphatic carbocycles. The molecule has 0 saturated heterocycles. The third kappa shape index (κ3) is 1.44. The number of phenols is 1. The van der Waals surface area contributed by atoms with Crippen molar-refractivity contribution in [2.75, 3.05) is 7.11 Å². The molecule has 2 aromatic rings. The van der Waals surface area contributed by atoms with Crippen LogP contribution in [0.15, 0.2) is 18.2 Å². The minimum atomic E-state index is -0.0652. The van der Waals surface area contributed by atoms with E-state index in [4.69, 9.17) is 4.74 Å². The lowest BCUT2D eigenvalue weighted by Crippen LogP contribution is -1.97. The molecule has 2 N–H and O–H groups in total. The van der Waals surface area contributed by atoms with E-state index < -0.39 is 0 Å². The fourth-order valence-electron chi connectivity index (χ4n) is 1.32. The molecule has 0 bridgehead atoms. The summed E-state index contributed by atoms with van der Waals surface area (Å²) in [4.78, 5) is 7.42. The van der Waals surface area contributed by atoms with Gasteiger partial charge >= 0.3 is 0 Å². The molecule has 14 heavy (non-hydrogen) atoms. The second-order valence-electron chi connectivity index (χ2n) is 3.20. The molecule has 1 heterocycles. The molecular weight excluding hydrogens is 180 g/mol. The summed E-state index contributed by atoms with van der Waals surface area (Å²) in [6.45, 7) is 1.91. The highest BCUT2D eigenvalue weighted by molar-refractivity contribution is 5.76. The molecule has 2 rings (SSSR count). The summed E-state index contributed by atoms with van der Waals surface area (Å²) in [6.07, 6.45) is -0.0652. The van der Waals surface area contributed by atoms with Gasteiger partial charge in [0, 0.05) is 13.2 Å². The van der Waals surface area contributed by atoms with Crippen molar-refractivity contribution in [2.45, 2.75) is 13.0 Å². The average molecular weight is 192 g/mol. The minimum Gasteiger partial charge on any atom is -0.508 e. The molecule has 0 saturated carbocycles. The Labute approximate surface area is 81.5 Å². The van der Waals surface area contributed by atoms with Gasteiger partial charge in [0.2, 0.25) is 0 Å². The second-order valence-corrected chi connectivity index (χ2v) is 3.20. The van der Waals surface area contributed by atoms with Crippen LogP contribution in [0.2, 0.25) is 0 Å². The van der Waals surface area contributed by atoms with Crippen molar-refractivity contribution in [3.05, 3.63) is 24.0 Å². The zero-order valence-electron chi connectivity index (χ0n) is 8.11. The quantitative estimate of drug-likeness (QED) is 0.764. The van der Waals surface area contributed by atoms with Gasteiger partial charge in [0.25, 0.3) is 0 Å². The van der Waals surface area contributed by atoms with Crippen LogP contribution in [0.25, 0.3) is 11.0 Å². The fraction of sp³-hybridized carbons (Fsp3) is 0.300. The number of nitrogens with one attached hydrogen (secondary N) is 1. The van der Waals surface area contributed by atoms with Crippen LogP contribution in [0, 0.1) is 0 Å². The van der Waals surface area contributed by atoms with Gasteiger partial charge in [-0.25, -0.2) is 4.98 Å². The van der Waals surface area contributed by atoms with Gasteiger partial charge in [-0.1, -0.05) is 0 Å². The molecule has 1 atom stereocenters. The molecule has 4 heteroatoms. The number of aromatic hydroxyl groups is 1. The van der Waals surface area contributed by atoms with Crippen LogP contribution in [-0.4, -0.2) is 22.2 Å². The third-order valence-electron chi connectivity index (χ3n) is 2.22. The lowest BCUT2D eigenvalue weighted by molar-refractivity contribution is 0.113. The van der Waals surface area contributed by atoms with Crippen LogP contribution in [0.4, 0.5) is 0 Å². The van der Waals surface area contributed by atoms with Gasteiger partial charge < -0.3 is 14.8 Å². The smallest absolute Gasteiger partial charge is 0.136 e. The van der Waals surface area contributed by atoms with Gasteiger partial charge in [-0.2, -0.15) is 0 Å². The minimum absolute atomic E-state index is 0.0652. The zero-order chi connectivity index (χ0) is 10.1. The largest absolute Gasteiger partial charge is 0.508 e. The Morgan fingerprint density at radius 3 is 3.00 bits per heavy atom. The summed E-state index contributed by atoms with van der Waals surface area (Å²) >= 11 is 0. The van der Waals surface area contributed by atoms with Gasteiger partial charge in [0.05, 0.1) is 11.0 Å². The molecular formula is C10H12N2O2. The Morgan fingerprint density at radius 1 is 1.50 bits per heavy atom. The van der Waals surface area contributed by atoms with Crippen molar-refractivity contribution in [2.24, 2.45) is 0 Å². The van der Waals surface area contributed by atoms with Gasteiger partial charge in [-0.15, -0.1) is 0 Å².